The zero-order valence-corrected chi connectivity index (χ0v) is 14.6. The molecule has 3 heterocycles. The number of rotatable bonds is 3. The maximum atomic E-state index is 12.8. The first-order valence-corrected chi connectivity index (χ1v) is 8.54. The second-order valence-electron chi connectivity index (χ2n) is 6.60. The van der Waals surface area contributed by atoms with Crippen molar-refractivity contribution in [2.45, 2.75) is 32.4 Å². The molecule has 1 aromatic carbocycles. The summed E-state index contributed by atoms with van der Waals surface area (Å²) in [5.74, 6) is -0.397. The summed E-state index contributed by atoms with van der Waals surface area (Å²) in [6, 6.07) is 10.7. The number of carbonyl (C=O) groups excluding carboxylic acids is 2. The number of fused-ring (bicyclic) bond motifs is 1. The molecule has 0 bridgehead atoms. The number of H-pyrrole nitrogens is 1. The Morgan fingerprint density at radius 3 is 2.85 bits per heavy atom. The van der Waals surface area contributed by atoms with E-state index in [2.05, 4.69) is 20.5 Å². The molecule has 0 aliphatic carbocycles. The van der Waals surface area contributed by atoms with Gasteiger partial charge < -0.3 is 10.2 Å². The maximum Gasteiger partial charge on any atom is 0.253 e. The zero-order valence-electron chi connectivity index (χ0n) is 14.6. The summed E-state index contributed by atoms with van der Waals surface area (Å²) >= 11 is 0. The Balaban J connectivity index is 1.54. The minimum Gasteiger partial charge on any atom is -0.340 e. The molecule has 7 heteroatoms. The fourth-order valence-corrected chi connectivity index (χ4v) is 3.41. The highest BCUT2D eigenvalue weighted by Crippen LogP contribution is 2.26. The van der Waals surface area contributed by atoms with Gasteiger partial charge in [0, 0.05) is 29.0 Å². The number of aromatic amines is 1. The van der Waals surface area contributed by atoms with Crippen LogP contribution >= 0.6 is 0 Å². The summed E-state index contributed by atoms with van der Waals surface area (Å²) in [6.07, 6.45) is 2.05. The van der Waals surface area contributed by atoms with Crippen molar-refractivity contribution in [3.63, 3.8) is 0 Å². The first-order valence-electron chi connectivity index (χ1n) is 8.54. The highest BCUT2D eigenvalue weighted by molar-refractivity contribution is 6.05. The van der Waals surface area contributed by atoms with E-state index < -0.39 is 6.04 Å². The number of hydrogen-bond donors (Lipinski definition) is 2. The fourth-order valence-electron chi connectivity index (χ4n) is 3.41. The van der Waals surface area contributed by atoms with Crippen LogP contribution in [-0.2, 0) is 4.79 Å². The lowest BCUT2D eigenvalue weighted by Gasteiger charge is -2.21. The Morgan fingerprint density at radius 1 is 1.31 bits per heavy atom. The first kappa shape index (κ1) is 16.3. The quantitative estimate of drug-likeness (QED) is 0.758. The van der Waals surface area contributed by atoms with Crippen molar-refractivity contribution in [3.05, 3.63) is 53.9 Å². The van der Waals surface area contributed by atoms with Crippen LogP contribution in [0.25, 0.3) is 11.0 Å². The van der Waals surface area contributed by atoms with E-state index in [1.807, 2.05) is 44.2 Å². The minimum absolute atomic E-state index is 0.0203. The molecule has 2 amide bonds. The van der Waals surface area contributed by atoms with Crippen LogP contribution in [0.2, 0.25) is 0 Å². The normalized spacial score (nSPS) is 19.9. The van der Waals surface area contributed by atoms with Crippen LogP contribution in [0.5, 0.6) is 0 Å². The molecule has 7 nitrogen and oxygen atoms in total. The van der Waals surface area contributed by atoms with Crippen molar-refractivity contribution in [1.82, 2.24) is 20.5 Å². The summed E-state index contributed by atoms with van der Waals surface area (Å²) in [5.41, 5.74) is 2.68. The third-order valence-electron chi connectivity index (χ3n) is 4.76. The summed E-state index contributed by atoms with van der Waals surface area (Å²) in [7, 11) is 0. The van der Waals surface area contributed by atoms with Crippen LogP contribution in [-0.4, -0.2) is 39.1 Å². The van der Waals surface area contributed by atoms with Crippen LogP contribution in [0.1, 0.15) is 29.4 Å². The third kappa shape index (κ3) is 2.71. The van der Waals surface area contributed by atoms with E-state index >= 15 is 0 Å². The number of anilines is 1. The number of pyridine rings is 1. The molecule has 26 heavy (non-hydrogen) atoms. The van der Waals surface area contributed by atoms with Gasteiger partial charge in [0.25, 0.3) is 5.91 Å². The molecule has 2 atom stereocenters. The molecule has 0 radical (unpaired) electrons. The van der Waals surface area contributed by atoms with Gasteiger partial charge in [0.1, 0.15) is 6.04 Å². The molecule has 1 aliphatic heterocycles. The van der Waals surface area contributed by atoms with Gasteiger partial charge in [-0.1, -0.05) is 18.2 Å². The molecule has 1 saturated heterocycles. The second-order valence-corrected chi connectivity index (χ2v) is 6.60. The SMILES string of the molecule is Cc1[nH]nc2ncc(C(=O)N[C@H]3C[C@H](C)N(c4ccccc4)C3=O)cc12. The molecular weight excluding hydrogens is 330 g/mol. The van der Waals surface area contributed by atoms with Crippen molar-refractivity contribution in [2.24, 2.45) is 0 Å². The van der Waals surface area contributed by atoms with E-state index in [0.717, 1.165) is 16.8 Å². The fraction of sp³-hybridized carbons (Fsp3) is 0.263. The van der Waals surface area contributed by atoms with Crippen molar-refractivity contribution in [1.29, 1.82) is 0 Å². The number of carbonyl (C=O) groups is 2. The lowest BCUT2D eigenvalue weighted by molar-refractivity contribution is -0.118. The molecule has 4 rings (SSSR count). The summed E-state index contributed by atoms with van der Waals surface area (Å²) < 4.78 is 0. The molecular formula is C19H19N5O2. The number of para-hydroxylation sites is 1. The molecule has 3 aromatic rings. The highest BCUT2D eigenvalue weighted by Gasteiger charge is 2.38. The Labute approximate surface area is 150 Å². The van der Waals surface area contributed by atoms with Crippen molar-refractivity contribution in [3.8, 4) is 0 Å². The predicted molar refractivity (Wildman–Crippen MR) is 97.9 cm³/mol. The van der Waals surface area contributed by atoms with E-state index in [4.69, 9.17) is 0 Å². The average molecular weight is 349 g/mol. The molecule has 0 unspecified atom stereocenters. The van der Waals surface area contributed by atoms with E-state index in [1.54, 1.807) is 11.0 Å². The largest absolute Gasteiger partial charge is 0.340 e. The van der Waals surface area contributed by atoms with Gasteiger partial charge in [-0.2, -0.15) is 5.10 Å². The molecule has 0 spiro atoms. The summed E-state index contributed by atoms with van der Waals surface area (Å²) in [5, 5.41) is 10.6. The molecule has 1 aliphatic rings. The number of hydrogen-bond acceptors (Lipinski definition) is 4. The van der Waals surface area contributed by atoms with Gasteiger partial charge >= 0.3 is 0 Å². The number of benzene rings is 1. The first-order chi connectivity index (χ1) is 12.5. The smallest absolute Gasteiger partial charge is 0.253 e. The van der Waals surface area contributed by atoms with E-state index in [0.29, 0.717) is 17.6 Å². The lowest BCUT2D eigenvalue weighted by atomic mass is 10.1. The van der Waals surface area contributed by atoms with Crippen molar-refractivity contribution in [2.75, 3.05) is 4.90 Å². The number of aryl methyl sites for hydroxylation is 1. The van der Waals surface area contributed by atoms with Gasteiger partial charge in [-0.3, -0.25) is 14.7 Å². The number of nitrogens with one attached hydrogen (secondary N) is 2. The molecule has 2 N–H and O–H groups in total. The summed E-state index contributed by atoms with van der Waals surface area (Å²) in [4.78, 5) is 31.3. The Bertz CT molecular complexity index is 982. The standard InChI is InChI=1S/C19H19N5O2/c1-11-8-16(19(26)24(11)14-6-4-3-5-7-14)21-18(25)13-9-15-12(2)22-23-17(15)20-10-13/h3-7,9-11,16H,8H2,1-2H3,(H,21,25)(H,20,22,23)/t11-,16-/m0/s1. The Hall–Kier alpha value is -3.22. The third-order valence-corrected chi connectivity index (χ3v) is 4.76. The van der Waals surface area contributed by atoms with E-state index in [-0.39, 0.29) is 17.9 Å². The van der Waals surface area contributed by atoms with Gasteiger partial charge in [-0.15, -0.1) is 0 Å². The minimum atomic E-state index is -0.543. The topological polar surface area (TPSA) is 91.0 Å². The van der Waals surface area contributed by atoms with E-state index in [9.17, 15) is 9.59 Å². The Morgan fingerprint density at radius 2 is 2.08 bits per heavy atom. The zero-order chi connectivity index (χ0) is 18.3. The Kier molecular flexibility index (Phi) is 3.91. The van der Waals surface area contributed by atoms with Crippen LogP contribution < -0.4 is 10.2 Å². The molecule has 1 fully saturated rings. The lowest BCUT2D eigenvalue weighted by Crippen LogP contribution is -2.42. The molecule has 2 aromatic heterocycles. The monoisotopic (exact) mass is 349 g/mol. The van der Waals surface area contributed by atoms with Gasteiger partial charge in [0.2, 0.25) is 5.91 Å². The van der Waals surface area contributed by atoms with Crippen LogP contribution in [0, 0.1) is 6.92 Å². The summed E-state index contributed by atoms with van der Waals surface area (Å²) in [6.45, 7) is 3.86. The number of amides is 2. The van der Waals surface area contributed by atoms with E-state index in [1.165, 1.54) is 6.20 Å². The van der Waals surface area contributed by atoms with Gasteiger partial charge in [-0.05, 0) is 38.5 Å². The van der Waals surface area contributed by atoms with Crippen molar-refractivity contribution >= 4 is 28.5 Å². The van der Waals surface area contributed by atoms with Crippen molar-refractivity contribution < 1.29 is 9.59 Å². The predicted octanol–water partition coefficient (Wildman–Crippen LogP) is 2.19. The molecule has 132 valence electrons. The van der Waals surface area contributed by atoms with Gasteiger partial charge in [0.05, 0.1) is 5.56 Å². The van der Waals surface area contributed by atoms with Gasteiger partial charge in [-0.25, -0.2) is 4.98 Å². The number of nitrogens with zero attached hydrogens (tertiary/aromatic N) is 3. The second kappa shape index (κ2) is 6.25. The maximum absolute atomic E-state index is 12.8. The van der Waals surface area contributed by atoms with Crippen LogP contribution in [0.3, 0.4) is 0 Å². The number of aromatic nitrogens is 3. The van der Waals surface area contributed by atoms with Gasteiger partial charge in [0.15, 0.2) is 5.65 Å². The van der Waals surface area contributed by atoms with Crippen LogP contribution in [0.15, 0.2) is 42.6 Å². The average Bonchev–Trinajstić information content (AvgIpc) is 3.15. The van der Waals surface area contributed by atoms with Crippen LogP contribution in [0.4, 0.5) is 5.69 Å². The molecule has 0 saturated carbocycles. The highest BCUT2D eigenvalue weighted by atomic mass is 16.2.